The molecule has 0 saturated carbocycles. The van der Waals surface area contributed by atoms with Gasteiger partial charge in [-0.15, -0.1) is 0 Å². The van der Waals surface area contributed by atoms with Crippen LogP contribution < -0.4 is 14.8 Å². The second-order valence-corrected chi connectivity index (χ2v) is 7.66. The number of anilines is 1. The first-order valence-electron chi connectivity index (χ1n) is 10.4. The third-order valence-electron chi connectivity index (χ3n) is 5.70. The molecule has 0 spiro atoms. The van der Waals surface area contributed by atoms with E-state index in [0.29, 0.717) is 37.7 Å². The minimum absolute atomic E-state index is 0.142. The number of hydrogen-bond donors (Lipinski definition) is 1. The van der Waals surface area contributed by atoms with Gasteiger partial charge in [0.1, 0.15) is 12.3 Å². The number of hydrogen-bond acceptors (Lipinski definition) is 7. The van der Waals surface area contributed by atoms with Gasteiger partial charge < -0.3 is 19.7 Å². The maximum absolute atomic E-state index is 12.9. The van der Waals surface area contributed by atoms with Crippen LogP contribution in [0.25, 0.3) is 0 Å². The molecule has 2 aliphatic rings. The quantitative estimate of drug-likeness (QED) is 0.558. The zero-order valence-corrected chi connectivity index (χ0v) is 17.6. The van der Waals surface area contributed by atoms with Crippen molar-refractivity contribution in [2.45, 2.75) is 19.1 Å². The monoisotopic (exact) mass is 440 g/mol. The molecule has 0 radical (unpaired) electrons. The van der Waals surface area contributed by atoms with E-state index in [4.69, 9.17) is 9.47 Å². The van der Waals surface area contributed by atoms with E-state index >= 15 is 0 Å². The smallest absolute Gasteiger partial charge is 0.292 e. The summed E-state index contributed by atoms with van der Waals surface area (Å²) in [6.07, 6.45) is -0.698. The van der Waals surface area contributed by atoms with Crippen molar-refractivity contribution in [3.8, 4) is 11.5 Å². The Balaban J connectivity index is 1.31. The van der Waals surface area contributed by atoms with Crippen LogP contribution in [0.3, 0.4) is 0 Å². The number of para-hydroxylation sites is 4. The summed E-state index contributed by atoms with van der Waals surface area (Å²) in [4.78, 5) is 39.8. The molecule has 2 aromatic carbocycles. The number of ether oxygens (including phenoxy) is 2. The maximum atomic E-state index is 12.9. The van der Waals surface area contributed by atoms with E-state index in [9.17, 15) is 19.7 Å². The van der Waals surface area contributed by atoms with Gasteiger partial charge >= 0.3 is 0 Å². The van der Waals surface area contributed by atoms with E-state index in [-0.39, 0.29) is 29.8 Å². The van der Waals surface area contributed by atoms with E-state index in [1.807, 2.05) is 17.0 Å². The Bertz CT molecular complexity index is 1020. The Hall–Kier alpha value is -3.66. The number of rotatable bonds is 5. The lowest BCUT2D eigenvalue weighted by molar-refractivity contribution is -0.383. The molecule has 168 valence electrons. The first kappa shape index (κ1) is 21.6. The normalized spacial score (nSPS) is 19.2. The molecule has 0 aliphatic carbocycles. The highest BCUT2D eigenvalue weighted by Crippen LogP contribution is 2.31. The molecule has 2 atom stereocenters. The Morgan fingerprint density at radius 1 is 1.06 bits per heavy atom. The molecule has 4 rings (SSSR count). The minimum Gasteiger partial charge on any atom is -0.485 e. The topological polar surface area (TPSA) is 114 Å². The summed E-state index contributed by atoms with van der Waals surface area (Å²) in [6, 6.07) is 12.8. The van der Waals surface area contributed by atoms with Crippen LogP contribution in [0.15, 0.2) is 48.5 Å². The largest absolute Gasteiger partial charge is 0.485 e. The zero-order chi connectivity index (χ0) is 22.7. The van der Waals surface area contributed by atoms with E-state index in [2.05, 4.69) is 5.32 Å². The van der Waals surface area contributed by atoms with Gasteiger partial charge in [0, 0.05) is 32.2 Å². The standard InChI is InChI=1S/C22H24N4O6/c1-15(21(27)23-16-6-2-3-7-17(16)26(29)30)24-10-12-25(13-11-24)22(28)20-14-31-18-8-4-5-9-19(18)32-20/h2-9,15,20H,10-14H2,1H3,(H,23,27)/t15-,20-/m1/s1. The molecule has 2 aliphatic heterocycles. The molecule has 1 N–H and O–H groups in total. The Morgan fingerprint density at radius 2 is 1.72 bits per heavy atom. The predicted molar refractivity (Wildman–Crippen MR) is 116 cm³/mol. The van der Waals surface area contributed by atoms with Crippen molar-refractivity contribution in [2.24, 2.45) is 0 Å². The van der Waals surface area contributed by atoms with E-state index in [1.165, 1.54) is 12.1 Å². The van der Waals surface area contributed by atoms with Crippen molar-refractivity contribution in [1.29, 1.82) is 0 Å². The van der Waals surface area contributed by atoms with Crippen LogP contribution in [-0.4, -0.2) is 71.5 Å². The summed E-state index contributed by atoms with van der Waals surface area (Å²) in [7, 11) is 0. The Labute approximate surface area is 184 Å². The van der Waals surface area contributed by atoms with Crippen molar-refractivity contribution in [3.63, 3.8) is 0 Å². The molecule has 2 aromatic rings. The van der Waals surface area contributed by atoms with E-state index < -0.39 is 17.1 Å². The lowest BCUT2D eigenvalue weighted by Gasteiger charge is -2.39. The maximum Gasteiger partial charge on any atom is 0.292 e. The fourth-order valence-corrected chi connectivity index (χ4v) is 3.82. The van der Waals surface area contributed by atoms with Crippen LogP contribution in [0.4, 0.5) is 11.4 Å². The predicted octanol–water partition coefficient (Wildman–Crippen LogP) is 1.91. The second-order valence-electron chi connectivity index (χ2n) is 7.66. The fourth-order valence-electron chi connectivity index (χ4n) is 3.82. The van der Waals surface area contributed by atoms with Crippen LogP contribution in [0.5, 0.6) is 11.5 Å². The number of nitrogens with one attached hydrogen (secondary N) is 1. The molecule has 1 fully saturated rings. The van der Waals surface area contributed by atoms with E-state index in [1.54, 1.807) is 36.1 Å². The van der Waals surface area contributed by atoms with Gasteiger partial charge in [0.2, 0.25) is 12.0 Å². The third kappa shape index (κ3) is 4.50. The van der Waals surface area contributed by atoms with Crippen LogP contribution in [0.2, 0.25) is 0 Å². The van der Waals surface area contributed by atoms with Gasteiger partial charge in [0.05, 0.1) is 11.0 Å². The van der Waals surface area contributed by atoms with Gasteiger partial charge in [0.15, 0.2) is 11.5 Å². The minimum atomic E-state index is -0.698. The number of amides is 2. The second kappa shape index (κ2) is 9.23. The number of piperazine rings is 1. The van der Waals surface area contributed by atoms with Crippen LogP contribution in [-0.2, 0) is 9.59 Å². The van der Waals surface area contributed by atoms with Gasteiger partial charge in [-0.3, -0.25) is 24.6 Å². The highest BCUT2D eigenvalue weighted by molar-refractivity contribution is 5.96. The van der Waals surface area contributed by atoms with Gasteiger partial charge in [-0.25, -0.2) is 0 Å². The summed E-state index contributed by atoms with van der Waals surface area (Å²) < 4.78 is 11.4. The van der Waals surface area contributed by atoms with Crippen molar-refractivity contribution < 1.29 is 24.0 Å². The van der Waals surface area contributed by atoms with Gasteiger partial charge in [-0.05, 0) is 25.1 Å². The lowest BCUT2D eigenvalue weighted by atomic mass is 10.2. The molecule has 1 saturated heterocycles. The first-order chi connectivity index (χ1) is 15.4. The molecule has 32 heavy (non-hydrogen) atoms. The van der Waals surface area contributed by atoms with E-state index in [0.717, 1.165) is 0 Å². The third-order valence-corrected chi connectivity index (χ3v) is 5.70. The van der Waals surface area contributed by atoms with Crippen LogP contribution in [0, 0.1) is 10.1 Å². The molecular formula is C22H24N4O6. The molecule has 0 unspecified atom stereocenters. The van der Waals surface area contributed by atoms with Gasteiger partial charge in [0.25, 0.3) is 11.6 Å². The highest BCUT2D eigenvalue weighted by Gasteiger charge is 2.34. The van der Waals surface area contributed by atoms with Crippen molar-refractivity contribution in [1.82, 2.24) is 9.80 Å². The summed E-state index contributed by atoms with van der Waals surface area (Å²) in [5, 5.41) is 13.8. The highest BCUT2D eigenvalue weighted by atomic mass is 16.6. The molecule has 2 amide bonds. The molecule has 2 heterocycles. The number of nitro benzene ring substituents is 1. The van der Waals surface area contributed by atoms with Crippen molar-refractivity contribution in [3.05, 3.63) is 58.6 Å². The zero-order valence-electron chi connectivity index (χ0n) is 17.6. The van der Waals surface area contributed by atoms with Crippen LogP contribution >= 0.6 is 0 Å². The molecule has 10 heteroatoms. The average Bonchev–Trinajstić information content (AvgIpc) is 2.83. The van der Waals surface area contributed by atoms with Gasteiger partial charge in [-0.1, -0.05) is 24.3 Å². The SMILES string of the molecule is C[C@H](C(=O)Nc1ccccc1[N+](=O)[O-])N1CCN(C(=O)[C@H]2COc3ccccc3O2)CC1. The number of nitrogens with zero attached hydrogens (tertiary/aromatic N) is 3. The summed E-state index contributed by atoms with van der Waals surface area (Å²) in [5.74, 6) is 0.701. The Morgan fingerprint density at radius 3 is 2.44 bits per heavy atom. The summed E-state index contributed by atoms with van der Waals surface area (Å²) in [6.45, 7) is 3.80. The number of benzene rings is 2. The molecule has 0 aromatic heterocycles. The summed E-state index contributed by atoms with van der Waals surface area (Å²) in [5.41, 5.74) is 0.0117. The number of fused-ring (bicyclic) bond motifs is 1. The van der Waals surface area contributed by atoms with Gasteiger partial charge in [-0.2, -0.15) is 0 Å². The van der Waals surface area contributed by atoms with Crippen LogP contribution in [0.1, 0.15) is 6.92 Å². The first-order valence-corrected chi connectivity index (χ1v) is 10.4. The fraction of sp³-hybridized carbons (Fsp3) is 0.364. The number of carbonyl (C=O) groups excluding carboxylic acids is 2. The summed E-state index contributed by atoms with van der Waals surface area (Å²) >= 11 is 0. The number of carbonyl (C=O) groups is 2. The lowest BCUT2D eigenvalue weighted by Crippen LogP contribution is -2.57. The average molecular weight is 440 g/mol. The van der Waals surface area contributed by atoms with Crippen molar-refractivity contribution >= 4 is 23.2 Å². The van der Waals surface area contributed by atoms with Crippen molar-refractivity contribution in [2.75, 3.05) is 38.1 Å². The Kier molecular flexibility index (Phi) is 6.22. The molecular weight excluding hydrogens is 416 g/mol. The molecule has 10 nitrogen and oxygen atoms in total. The molecule has 0 bridgehead atoms. The number of nitro groups is 1.